The largest absolute Gasteiger partial charge is 0.303 e. The molecule has 0 aliphatic carbocycles. The van der Waals surface area contributed by atoms with Gasteiger partial charge in [-0.1, -0.05) is 53.3 Å². The summed E-state index contributed by atoms with van der Waals surface area (Å²) >= 11 is 7.13. The molecule has 0 saturated heterocycles. The lowest BCUT2D eigenvalue weighted by atomic mass is 10.1. The van der Waals surface area contributed by atoms with Gasteiger partial charge in [-0.25, -0.2) is 4.98 Å². The van der Waals surface area contributed by atoms with Gasteiger partial charge in [0.05, 0.1) is 17.8 Å². The molecule has 0 atom stereocenters. The summed E-state index contributed by atoms with van der Waals surface area (Å²) in [6.07, 6.45) is 1.33. The Labute approximate surface area is 161 Å². The number of rotatable bonds is 2. The summed E-state index contributed by atoms with van der Waals surface area (Å²) in [7, 11) is 0. The Kier molecular flexibility index (Phi) is 3.60. The number of amides is 1. The van der Waals surface area contributed by atoms with Gasteiger partial charge in [-0.05, 0) is 23.8 Å². The fourth-order valence-electron chi connectivity index (χ4n) is 3.26. The molecule has 6 nitrogen and oxygen atoms in total. The van der Waals surface area contributed by atoms with Crippen molar-refractivity contribution in [3.8, 4) is 0 Å². The molecule has 0 bridgehead atoms. The summed E-state index contributed by atoms with van der Waals surface area (Å²) in [4.78, 5) is 32.2. The van der Waals surface area contributed by atoms with Crippen LogP contribution in [0.25, 0.3) is 10.5 Å². The maximum Gasteiger partial charge on any atom is 0.291 e. The first-order valence-corrected chi connectivity index (χ1v) is 9.35. The SMILES string of the molecule is O=C1/C(=c2\sc3ncnn3c2=O)c2ccccc2N1Cc1ccc(Cl)cc1. The van der Waals surface area contributed by atoms with Crippen molar-refractivity contribution >= 4 is 45.1 Å². The average molecular weight is 395 g/mol. The van der Waals surface area contributed by atoms with Crippen LogP contribution in [0.2, 0.25) is 5.02 Å². The molecule has 0 spiro atoms. The molecular formula is C19H11ClN4O2S. The number of para-hydroxylation sites is 1. The number of halogens is 1. The fourth-order valence-corrected chi connectivity index (χ4v) is 4.36. The van der Waals surface area contributed by atoms with Gasteiger partial charge in [0.25, 0.3) is 11.5 Å². The van der Waals surface area contributed by atoms with E-state index in [0.29, 0.717) is 26.6 Å². The molecule has 0 unspecified atom stereocenters. The maximum atomic E-state index is 13.3. The maximum absolute atomic E-state index is 13.3. The van der Waals surface area contributed by atoms with E-state index in [2.05, 4.69) is 10.1 Å². The second kappa shape index (κ2) is 6.00. The topological polar surface area (TPSA) is 67.6 Å². The molecule has 2 aromatic carbocycles. The van der Waals surface area contributed by atoms with E-state index in [4.69, 9.17) is 11.6 Å². The van der Waals surface area contributed by atoms with Crippen molar-refractivity contribution in [3.05, 3.63) is 85.9 Å². The van der Waals surface area contributed by atoms with E-state index in [1.807, 2.05) is 36.4 Å². The van der Waals surface area contributed by atoms with Gasteiger partial charge in [-0.2, -0.15) is 9.61 Å². The van der Waals surface area contributed by atoms with Crippen molar-refractivity contribution in [1.29, 1.82) is 0 Å². The molecule has 4 aromatic rings. The average Bonchev–Trinajstić information content (AvgIpc) is 3.32. The Morgan fingerprint density at radius 1 is 1.04 bits per heavy atom. The molecular weight excluding hydrogens is 384 g/mol. The summed E-state index contributed by atoms with van der Waals surface area (Å²) in [6, 6.07) is 14.9. The Balaban J connectivity index is 1.71. The zero-order chi connectivity index (χ0) is 18.5. The van der Waals surface area contributed by atoms with Gasteiger partial charge >= 0.3 is 0 Å². The van der Waals surface area contributed by atoms with Gasteiger partial charge in [-0.3, -0.25) is 9.59 Å². The van der Waals surface area contributed by atoms with E-state index in [-0.39, 0.29) is 11.5 Å². The number of nitrogens with zero attached hydrogens (tertiary/aromatic N) is 4. The highest BCUT2D eigenvalue weighted by atomic mass is 35.5. The number of aromatic nitrogens is 3. The highest BCUT2D eigenvalue weighted by Gasteiger charge is 2.34. The molecule has 0 saturated carbocycles. The summed E-state index contributed by atoms with van der Waals surface area (Å²) in [6.45, 7) is 0.394. The number of carbonyl (C=O) groups excluding carboxylic acids is 1. The molecule has 0 N–H and O–H groups in total. The predicted molar refractivity (Wildman–Crippen MR) is 104 cm³/mol. The summed E-state index contributed by atoms with van der Waals surface area (Å²) in [5.74, 6) is -0.201. The van der Waals surface area contributed by atoms with E-state index in [1.54, 1.807) is 17.0 Å². The highest BCUT2D eigenvalue weighted by molar-refractivity contribution is 7.15. The number of anilines is 1. The molecule has 132 valence electrons. The number of benzene rings is 2. The number of fused-ring (bicyclic) bond motifs is 2. The van der Waals surface area contributed by atoms with Gasteiger partial charge in [0.1, 0.15) is 10.9 Å². The van der Waals surface area contributed by atoms with Crippen LogP contribution in [0.3, 0.4) is 0 Å². The zero-order valence-electron chi connectivity index (χ0n) is 13.8. The second-order valence-corrected chi connectivity index (χ2v) is 7.51. The lowest BCUT2D eigenvalue weighted by Crippen LogP contribution is -2.32. The van der Waals surface area contributed by atoms with Gasteiger partial charge in [0, 0.05) is 10.6 Å². The number of hydrogen-bond donors (Lipinski definition) is 0. The first-order chi connectivity index (χ1) is 13.1. The number of carbonyl (C=O) groups is 1. The third kappa shape index (κ3) is 2.47. The Hall–Kier alpha value is -3.03. The lowest BCUT2D eigenvalue weighted by Gasteiger charge is -2.17. The molecule has 1 amide bonds. The number of hydrogen-bond acceptors (Lipinski definition) is 5. The molecule has 8 heteroatoms. The minimum Gasteiger partial charge on any atom is -0.303 e. The van der Waals surface area contributed by atoms with Gasteiger partial charge in [0.15, 0.2) is 0 Å². The first-order valence-electron chi connectivity index (χ1n) is 8.16. The van der Waals surface area contributed by atoms with Crippen LogP contribution < -0.4 is 15.0 Å². The van der Waals surface area contributed by atoms with Crippen LogP contribution in [0.4, 0.5) is 5.69 Å². The van der Waals surface area contributed by atoms with Crippen LogP contribution in [-0.2, 0) is 11.3 Å². The van der Waals surface area contributed by atoms with Crippen LogP contribution in [0.15, 0.2) is 59.7 Å². The molecule has 3 heterocycles. The van der Waals surface area contributed by atoms with Crippen molar-refractivity contribution in [2.24, 2.45) is 0 Å². The predicted octanol–water partition coefficient (Wildman–Crippen LogP) is 2.27. The summed E-state index contributed by atoms with van der Waals surface area (Å²) < 4.78 is 1.59. The van der Waals surface area contributed by atoms with Crippen LogP contribution in [0, 0.1) is 0 Å². The summed E-state index contributed by atoms with van der Waals surface area (Å²) in [5.41, 5.74) is 2.57. The van der Waals surface area contributed by atoms with E-state index < -0.39 is 0 Å². The monoisotopic (exact) mass is 394 g/mol. The normalized spacial score (nSPS) is 15.6. The zero-order valence-corrected chi connectivity index (χ0v) is 15.4. The smallest absolute Gasteiger partial charge is 0.291 e. The minimum atomic E-state index is -0.320. The highest BCUT2D eigenvalue weighted by Crippen LogP contribution is 2.36. The molecule has 0 radical (unpaired) electrons. The van der Waals surface area contributed by atoms with Crippen LogP contribution >= 0.6 is 22.9 Å². The van der Waals surface area contributed by atoms with Crippen molar-refractivity contribution in [3.63, 3.8) is 0 Å². The Morgan fingerprint density at radius 3 is 2.59 bits per heavy atom. The third-order valence-corrected chi connectivity index (χ3v) is 5.80. The van der Waals surface area contributed by atoms with Crippen LogP contribution in [0.1, 0.15) is 11.1 Å². The Bertz CT molecular complexity index is 1310. The van der Waals surface area contributed by atoms with Crippen molar-refractivity contribution in [2.75, 3.05) is 4.90 Å². The first kappa shape index (κ1) is 16.2. The molecule has 1 aliphatic rings. The molecule has 2 aromatic heterocycles. The van der Waals surface area contributed by atoms with Gasteiger partial charge < -0.3 is 4.90 Å². The van der Waals surface area contributed by atoms with E-state index in [9.17, 15) is 9.59 Å². The third-order valence-electron chi connectivity index (χ3n) is 4.50. The van der Waals surface area contributed by atoms with E-state index >= 15 is 0 Å². The minimum absolute atomic E-state index is 0.201. The van der Waals surface area contributed by atoms with Gasteiger partial charge in [-0.15, -0.1) is 0 Å². The van der Waals surface area contributed by atoms with Crippen LogP contribution in [-0.4, -0.2) is 20.5 Å². The molecule has 5 rings (SSSR count). The van der Waals surface area contributed by atoms with E-state index in [0.717, 1.165) is 16.8 Å². The second-order valence-electron chi connectivity index (χ2n) is 6.10. The molecule has 0 fully saturated rings. The quantitative estimate of drug-likeness (QED) is 0.523. The number of thiazole rings is 1. The molecule has 27 heavy (non-hydrogen) atoms. The van der Waals surface area contributed by atoms with Crippen molar-refractivity contribution in [2.45, 2.75) is 6.54 Å². The fraction of sp³-hybridized carbons (Fsp3) is 0.0526. The molecule has 1 aliphatic heterocycles. The van der Waals surface area contributed by atoms with Crippen molar-refractivity contribution < 1.29 is 4.79 Å². The Morgan fingerprint density at radius 2 is 1.81 bits per heavy atom. The van der Waals surface area contributed by atoms with E-state index in [1.165, 1.54) is 22.2 Å². The summed E-state index contributed by atoms with van der Waals surface area (Å²) in [5, 5.41) is 4.58. The standard InChI is InChI=1S/C19H11ClN4O2S/c20-12-7-5-11(6-8-12)9-23-14-4-2-1-3-13(14)15(17(23)25)16-18(26)24-19(27-16)21-10-22-24/h1-8,10H,9H2/b16-15-. The van der Waals surface area contributed by atoms with Crippen molar-refractivity contribution in [1.82, 2.24) is 14.6 Å². The lowest BCUT2D eigenvalue weighted by molar-refractivity contribution is -0.113. The van der Waals surface area contributed by atoms with Gasteiger partial charge in [0.2, 0.25) is 4.96 Å². The van der Waals surface area contributed by atoms with Crippen LogP contribution in [0.5, 0.6) is 0 Å².